The summed E-state index contributed by atoms with van der Waals surface area (Å²) in [6.07, 6.45) is 0. The summed E-state index contributed by atoms with van der Waals surface area (Å²) in [5, 5.41) is 0. The van der Waals surface area contributed by atoms with E-state index in [2.05, 4.69) is 34.2 Å². The molecule has 0 atom stereocenters. The number of hydrogen-bond donors (Lipinski definition) is 0. The van der Waals surface area contributed by atoms with Crippen molar-refractivity contribution in [2.24, 2.45) is 0 Å². The molecule has 0 aliphatic heterocycles. The zero-order valence-corrected chi connectivity index (χ0v) is 10.6. The Kier molecular flexibility index (Phi) is 4.05. The molecule has 0 spiro atoms. The molecule has 0 saturated heterocycles. The van der Waals surface area contributed by atoms with Crippen LogP contribution in [0.25, 0.3) is 0 Å². The van der Waals surface area contributed by atoms with Gasteiger partial charge in [0.1, 0.15) is 0 Å². The van der Waals surface area contributed by atoms with Gasteiger partial charge in [-0.05, 0) is 0 Å². The van der Waals surface area contributed by atoms with Gasteiger partial charge in [0.2, 0.25) is 0 Å². The quantitative estimate of drug-likeness (QED) is 0.324. The molecular weight excluding hydrogens is 351 g/mol. The van der Waals surface area contributed by atoms with Crippen molar-refractivity contribution in [1.82, 2.24) is 0 Å². The second kappa shape index (κ2) is 4.58. The second-order valence-corrected chi connectivity index (χ2v) is 6.68. The number of hydrogen-bond acceptors (Lipinski definition) is 0. The Bertz CT molecular complexity index is 170. The third kappa shape index (κ3) is 2.41. The van der Waals surface area contributed by atoms with Crippen LogP contribution in [-0.2, 0) is 0 Å². The molecule has 1 aromatic rings. The summed E-state index contributed by atoms with van der Waals surface area (Å²) in [6.45, 7) is 0. The van der Waals surface area contributed by atoms with Crippen LogP contribution in [-0.4, -0.2) is 25.9 Å². The van der Waals surface area contributed by atoms with Gasteiger partial charge in [0, 0.05) is 0 Å². The first-order chi connectivity index (χ1) is 4.86. The van der Waals surface area contributed by atoms with Crippen LogP contribution >= 0.6 is 0 Å². The zero-order chi connectivity index (χ0) is 7.40. The van der Waals surface area contributed by atoms with Crippen LogP contribution in [0.4, 0.5) is 0 Å². The standard InChI is InChI=1S/C8H10ITe/c1-9-7-3-5-8(10-2)6-4-7/h3-6H,1-2H3/q-1. The molecule has 0 N–H and O–H groups in total. The summed E-state index contributed by atoms with van der Waals surface area (Å²) >= 11 is 0.454. The summed E-state index contributed by atoms with van der Waals surface area (Å²) in [6, 6.07) is 9.16. The van der Waals surface area contributed by atoms with Crippen molar-refractivity contribution in [2.75, 3.05) is 4.93 Å². The monoisotopic (exact) mass is 363 g/mol. The molecular formula is C8H10ITe-. The Morgan fingerprint density at radius 3 is 2.20 bits per heavy atom. The van der Waals surface area contributed by atoms with Crippen LogP contribution < -0.4 is 24.8 Å². The Balaban J connectivity index is 2.80. The molecule has 0 amide bonds. The fourth-order valence-corrected chi connectivity index (χ4v) is 2.94. The van der Waals surface area contributed by atoms with E-state index in [1.54, 1.807) is 7.18 Å². The van der Waals surface area contributed by atoms with Gasteiger partial charge in [0.05, 0.1) is 0 Å². The Hall–Kier alpha value is 0.740. The van der Waals surface area contributed by atoms with Crippen LogP contribution in [0.15, 0.2) is 24.3 Å². The molecule has 0 radical (unpaired) electrons. The summed E-state index contributed by atoms with van der Waals surface area (Å²) in [7, 11) is 0. The van der Waals surface area contributed by atoms with E-state index in [-0.39, 0.29) is 20.9 Å². The van der Waals surface area contributed by atoms with Gasteiger partial charge in [-0.25, -0.2) is 0 Å². The Morgan fingerprint density at radius 1 is 1.20 bits per heavy atom. The Labute approximate surface area is 82.7 Å². The van der Waals surface area contributed by atoms with Crippen LogP contribution in [0, 0.1) is 3.57 Å². The fourth-order valence-electron chi connectivity index (χ4n) is 0.697. The molecule has 0 aliphatic carbocycles. The maximum absolute atomic E-state index is 2.32. The average molecular weight is 361 g/mol. The third-order valence-corrected chi connectivity index (χ3v) is 5.35. The van der Waals surface area contributed by atoms with Gasteiger partial charge < -0.3 is 0 Å². The van der Waals surface area contributed by atoms with E-state index in [0.717, 1.165) is 0 Å². The fraction of sp³-hybridized carbons (Fsp3) is 0.250. The summed E-state index contributed by atoms with van der Waals surface area (Å²) in [4.78, 5) is 4.62. The third-order valence-electron chi connectivity index (χ3n) is 1.27. The van der Waals surface area contributed by atoms with E-state index in [1.165, 1.54) is 0 Å². The first kappa shape index (κ1) is 8.83. The predicted molar refractivity (Wildman–Crippen MR) is 42.3 cm³/mol. The van der Waals surface area contributed by atoms with Crippen LogP contribution in [0.2, 0.25) is 4.97 Å². The normalized spacial score (nSPS) is 10.2. The van der Waals surface area contributed by atoms with E-state index >= 15 is 0 Å². The van der Waals surface area contributed by atoms with E-state index in [9.17, 15) is 0 Å². The van der Waals surface area contributed by atoms with Crippen LogP contribution in [0.3, 0.4) is 0 Å². The molecule has 0 heterocycles. The molecule has 0 aromatic heterocycles. The number of halogens is 1. The first-order valence-electron chi connectivity index (χ1n) is 3.00. The van der Waals surface area contributed by atoms with Crippen molar-refractivity contribution in [1.29, 1.82) is 0 Å². The molecule has 10 heavy (non-hydrogen) atoms. The molecule has 0 nitrogen and oxygen atoms in total. The van der Waals surface area contributed by atoms with E-state index < -0.39 is 0 Å². The van der Waals surface area contributed by atoms with Gasteiger partial charge in [-0.3, -0.25) is 0 Å². The van der Waals surface area contributed by atoms with Gasteiger partial charge >= 0.3 is 83.5 Å². The van der Waals surface area contributed by atoms with Crippen molar-refractivity contribution in [3.8, 4) is 0 Å². The summed E-state index contributed by atoms with van der Waals surface area (Å²) in [5.74, 6) is 0. The molecule has 0 aliphatic rings. The molecule has 0 saturated carbocycles. The van der Waals surface area contributed by atoms with E-state index in [4.69, 9.17) is 0 Å². The van der Waals surface area contributed by atoms with E-state index in [1.807, 2.05) is 0 Å². The van der Waals surface area contributed by atoms with Crippen LogP contribution in [0.1, 0.15) is 0 Å². The topological polar surface area (TPSA) is 0 Å². The van der Waals surface area contributed by atoms with Gasteiger partial charge in [0.25, 0.3) is 0 Å². The van der Waals surface area contributed by atoms with Crippen molar-refractivity contribution < 1.29 is 21.2 Å². The van der Waals surface area contributed by atoms with Crippen molar-refractivity contribution in [2.45, 2.75) is 4.97 Å². The van der Waals surface area contributed by atoms with Crippen molar-refractivity contribution in [3.63, 3.8) is 0 Å². The summed E-state index contributed by atoms with van der Waals surface area (Å²) < 4.78 is 3.13. The van der Waals surface area contributed by atoms with Gasteiger partial charge in [-0.2, -0.15) is 0 Å². The van der Waals surface area contributed by atoms with Gasteiger partial charge in [-0.1, -0.05) is 0 Å². The summed E-state index contributed by atoms with van der Waals surface area (Å²) in [5.41, 5.74) is 0. The number of benzene rings is 1. The average Bonchev–Trinajstić information content (AvgIpc) is 2.05. The van der Waals surface area contributed by atoms with Crippen molar-refractivity contribution in [3.05, 3.63) is 27.8 Å². The second-order valence-electron chi connectivity index (χ2n) is 1.85. The Morgan fingerprint density at radius 2 is 1.80 bits per heavy atom. The van der Waals surface area contributed by atoms with E-state index in [0.29, 0.717) is 21.2 Å². The zero-order valence-electron chi connectivity index (χ0n) is 6.10. The number of alkyl halides is 1. The van der Waals surface area contributed by atoms with Crippen molar-refractivity contribution >= 4 is 24.5 Å². The molecule has 0 bridgehead atoms. The SMILES string of the molecule is C[Te]c1ccc([I-]C)cc1. The minimum atomic E-state index is 0.149. The molecule has 1 aromatic carbocycles. The molecule has 1 rings (SSSR count). The maximum atomic E-state index is 2.32. The minimum absolute atomic E-state index is 0.149. The first-order valence-corrected chi connectivity index (χ1v) is 9.73. The molecule has 0 unspecified atom stereocenters. The van der Waals surface area contributed by atoms with Gasteiger partial charge in [0.15, 0.2) is 0 Å². The number of rotatable bonds is 2. The van der Waals surface area contributed by atoms with Gasteiger partial charge in [-0.15, -0.1) is 0 Å². The molecule has 2 heteroatoms. The van der Waals surface area contributed by atoms with Crippen LogP contribution in [0.5, 0.6) is 0 Å². The molecule has 56 valence electrons. The molecule has 0 fully saturated rings. The predicted octanol–water partition coefficient (Wildman–Crippen LogP) is -2.05.